The second kappa shape index (κ2) is 8.52. The van der Waals surface area contributed by atoms with Gasteiger partial charge < -0.3 is 9.80 Å². The Hall–Kier alpha value is -2.52. The number of likely N-dealkylation sites (N-methyl/N-ethyl adjacent to an activating group) is 2. The third kappa shape index (κ3) is 3.49. The summed E-state index contributed by atoms with van der Waals surface area (Å²) in [6.45, 7) is 4.14. The lowest BCUT2D eigenvalue weighted by atomic mass is 9.95. The maximum atomic E-state index is 13.5. The molecule has 0 saturated heterocycles. The van der Waals surface area contributed by atoms with Crippen molar-refractivity contribution in [3.05, 3.63) is 78.4 Å². The molecule has 4 aromatic rings. The monoisotopic (exact) mass is 638 g/mol. The molecule has 0 saturated carbocycles. The van der Waals surface area contributed by atoms with E-state index in [-0.39, 0.29) is 11.8 Å². The number of thiophene rings is 2. The summed E-state index contributed by atoms with van der Waals surface area (Å²) in [6.07, 6.45) is 0. The van der Waals surface area contributed by atoms with Crippen LogP contribution in [0.25, 0.3) is 32.0 Å². The molecule has 2 aliphatic rings. The van der Waals surface area contributed by atoms with Crippen molar-refractivity contribution in [1.82, 2.24) is 0 Å². The maximum Gasteiger partial charge on any atom is 0.259 e. The van der Waals surface area contributed by atoms with Crippen molar-refractivity contribution >= 4 is 88.9 Å². The lowest BCUT2D eigenvalue weighted by Gasteiger charge is -2.10. The van der Waals surface area contributed by atoms with Crippen molar-refractivity contribution in [3.63, 3.8) is 0 Å². The molecule has 2 aromatic carbocycles. The van der Waals surface area contributed by atoms with Gasteiger partial charge in [-0.2, -0.15) is 0 Å². The maximum absolute atomic E-state index is 13.5. The number of carbonyl (C=O) groups is 2. The Morgan fingerprint density at radius 3 is 1.36 bits per heavy atom. The Bertz CT molecular complexity index is 1500. The number of halogens is 2. The van der Waals surface area contributed by atoms with Gasteiger partial charge >= 0.3 is 0 Å². The molecule has 2 aliphatic heterocycles. The summed E-state index contributed by atoms with van der Waals surface area (Å²) < 4.78 is 2.21. The first-order chi connectivity index (χ1) is 17.2. The van der Waals surface area contributed by atoms with Crippen LogP contribution in [0, 0.1) is 13.8 Å². The summed E-state index contributed by atoms with van der Waals surface area (Å²) in [5.74, 6) is -0.311. The average Bonchev–Trinajstić information content (AvgIpc) is 3.53. The first-order valence-electron chi connectivity index (χ1n) is 11.3. The summed E-state index contributed by atoms with van der Waals surface area (Å²) in [5, 5.41) is 0. The molecule has 4 heterocycles. The molecular formula is C28H20Br2N2O2S2. The quantitative estimate of drug-likeness (QED) is 0.208. The van der Waals surface area contributed by atoms with E-state index in [0.29, 0.717) is 11.1 Å². The van der Waals surface area contributed by atoms with Gasteiger partial charge in [-0.15, -0.1) is 22.7 Å². The van der Waals surface area contributed by atoms with E-state index < -0.39 is 0 Å². The summed E-state index contributed by atoms with van der Waals surface area (Å²) >= 11 is 10.6. The summed E-state index contributed by atoms with van der Waals surface area (Å²) in [5.41, 5.74) is 8.65. The van der Waals surface area contributed by atoms with Crippen LogP contribution in [0.2, 0.25) is 0 Å². The van der Waals surface area contributed by atoms with E-state index in [1.54, 1.807) is 46.6 Å². The van der Waals surface area contributed by atoms with Gasteiger partial charge in [0.15, 0.2) is 0 Å². The van der Waals surface area contributed by atoms with Gasteiger partial charge in [-0.1, -0.05) is 24.3 Å². The molecule has 2 aromatic heterocycles. The van der Waals surface area contributed by atoms with Crippen LogP contribution < -0.4 is 9.80 Å². The van der Waals surface area contributed by atoms with Gasteiger partial charge in [0.1, 0.15) is 0 Å². The summed E-state index contributed by atoms with van der Waals surface area (Å²) in [7, 11) is 3.55. The van der Waals surface area contributed by atoms with Crippen LogP contribution in [-0.4, -0.2) is 25.9 Å². The lowest BCUT2D eigenvalue weighted by Crippen LogP contribution is -2.24. The largest absolute Gasteiger partial charge is 0.311 e. The molecule has 36 heavy (non-hydrogen) atoms. The molecule has 8 heteroatoms. The van der Waals surface area contributed by atoms with Crippen LogP contribution in [0.3, 0.4) is 0 Å². The molecule has 0 unspecified atom stereocenters. The smallest absolute Gasteiger partial charge is 0.259 e. The highest BCUT2D eigenvalue weighted by atomic mass is 79.9. The fraction of sp³-hybridized carbons (Fsp3) is 0.143. The van der Waals surface area contributed by atoms with Crippen molar-refractivity contribution in [2.45, 2.75) is 13.8 Å². The number of anilines is 2. The number of aryl methyl sites for hydroxylation is 2. The van der Waals surface area contributed by atoms with Gasteiger partial charge in [-0.25, -0.2) is 0 Å². The molecule has 2 amide bonds. The van der Waals surface area contributed by atoms with E-state index in [4.69, 9.17) is 0 Å². The number of hydrogen-bond donors (Lipinski definition) is 0. The van der Waals surface area contributed by atoms with Crippen LogP contribution in [0.5, 0.6) is 0 Å². The number of rotatable bonds is 2. The summed E-state index contributed by atoms with van der Waals surface area (Å²) in [6, 6.07) is 16.4. The predicted octanol–water partition coefficient (Wildman–Crippen LogP) is 8.15. The van der Waals surface area contributed by atoms with Gasteiger partial charge in [0, 0.05) is 35.0 Å². The molecule has 0 N–H and O–H groups in total. The Labute approximate surface area is 234 Å². The SMILES string of the molecule is Cc1cc(-c2ccc3c(c2)N(C)C(=O)/C3=C2/C(=O)N(C)c3cc(-c4cc(C)c(Br)s4)ccc32)sc1Br. The second-order valence-corrected chi connectivity index (χ2v) is 13.8. The van der Waals surface area contributed by atoms with Crippen LogP contribution in [0.1, 0.15) is 22.3 Å². The minimum atomic E-state index is -0.155. The van der Waals surface area contributed by atoms with Crippen molar-refractivity contribution in [3.8, 4) is 20.9 Å². The van der Waals surface area contributed by atoms with Crippen molar-refractivity contribution in [2.24, 2.45) is 0 Å². The topological polar surface area (TPSA) is 40.6 Å². The minimum Gasteiger partial charge on any atom is -0.311 e. The molecule has 180 valence electrons. The number of hydrogen-bond acceptors (Lipinski definition) is 4. The molecule has 4 nitrogen and oxygen atoms in total. The second-order valence-electron chi connectivity index (χ2n) is 9.08. The average molecular weight is 640 g/mol. The van der Waals surface area contributed by atoms with Crippen LogP contribution >= 0.6 is 54.5 Å². The van der Waals surface area contributed by atoms with Gasteiger partial charge in [0.2, 0.25) is 0 Å². The number of benzene rings is 2. The van der Waals surface area contributed by atoms with E-state index >= 15 is 0 Å². The zero-order valence-electron chi connectivity index (χ0n) is 19.9. The normalized spacial score (nSPS) is 16.8. The highest BCUT2D eigenvalue weighted by Crippen LogP contribution is 2.48. The highest BCUT2D eigenvalue weighted by Gasteiger charge is 2.40. The van der Waals surface area contributed by atoms with E-state index in [9.17, 15) is 9.59 Å². The Balaban J connectivity index is 1.50. The van der Waals surface area contributed by atoms with Crippen LogP contribution in [0.15, 0.2) is 56.1 Å². The fourth-order valence-electron chi connectivity index (χ4n) is 4.82. The predicted molar refractivity (Wildman–Crippen MR) is 158 cm³/mol. The molecule has 0 radical (unpaired) electrons. The third-order valence-electron chi connectivity index (χ3n) is 6.83. The number of nitrogens with zero attached hydrogens (tertiary/aromatic N) is 2. The van der Waals surface area contributed by atoms with Crippen molar-refractivity contribution in [2.75, 3.05) is 23.9 Å². The molecular weight excluding hydrogens is 620 g/mol. The van der Waals surface area contributed by atoms with Crippen LogP contribution in [0.4, 0.5) is 11.4 Å². The van der Waals surface area contributed by atoms with Gasteiger partial charge in [-0.05, 0) is 92.2 Å². The number of amides is 2. The Kier molecular flexibility index (Phi) is 5.64. The van der Waals surface area contributed by atoms with E-state index in [1.165, 1.54) is 11.1 Å². The van der Waals surface area contributed by atoms with Crippen molar-refractivity contribution < 1.29 is 9.59 Å². The molecule has 0 atom stereocenters. The standard InChI is InChI=1S/C28H20Br2N2O2S2/c1-13-9-21(35-25(13)29)15-5-7-17-19(11-15)31(3)27(33)23(17)24-18-8-6-16(12-20(18)32(4)28(24)34)22-10-14(2)26(30)36-22/h5-12H,1-4H3/b24-23+. The molecule has 0 bridgehead atoms. The molecule has 0 aliphatic carbocycles. The molecule has 0 spiro atoms. The first-order valence-corrected chi connectivity index (χ1v) is 14.5. The van der Waals surface area contributed by atoms with Crippen molar-refractivity contribution in [1.29, 1.82) is 0 Å². The highest BCUT2D eigenvalue weighted by molar-refractivity contribution is 9.11. The zero-order valence-corrected chi connectivity index (χ0v) is 24.7. The number of carbonyl (C=O) groups excluding carboxylic acids is 2. The van der Waals surface area contributed by atoms with E-state index in [0.717, 1.165) is 51.0 Å². The Morgan fingerprint density at radius 1 is 0.639 bits per heavy atom. The molecule has 0 fully saturated rings. The molecule has 6 rings (SSSR count). The number of fused-ring (bicyclic) bond motifs is 2. The summed E-state index contributed by atoms with van der Waals surface area (Å²) in [4.78, 5) is 32.6. The van der Waals surface area contributed by atoms with Crippen LogP contribution in [-0.2, 0) is 9.59 Å². The first kappa shape index (κ1) is 23.9. The van der Waals surface area contributed by atoms with Gasteiger partial charge in [0.05, 0.1) is 30.1 Å². The van der Waals surface area contributed by atoms with Gasteiger partial charge in [0.25, 0.3) is 11.8 Å². The van der Waals surface area contributed by atoms with E-state index in [1.807, 2.05) is 36.4 Å². The van der Waals surface area contributed by atoms with E-state index in [2.05, 4.69) is 57.8 Å². The zero-order chi connectivity index (χ0) is 25.5. The fourth-order valence-corrected chi connectivity index (χ4v) is 7.88. The third-order valence-corrected chi connectivity index (χ3v) is 11.2. The lowest BCUT2D eigenvalue weighted by molar-refractivity contribution is -0.114. The van der Waals surface area contributed by atoms with Gasteiger partial charge in [-0.3, -0.25) is 9.59 Å². The minimum absolute atomic E-state index is 0.155. The Morgan fingerprint density at radius 2 is 1.03 bits per heavy atom.